The van der Waals surface area contributed by atoms with E-state index in [1.165, 1.54) is 0 Å². The summed E-state index contributed by atoms with van der Waals surface area (Å²) in [5.41, 5.74) is -0.974. The van der Waals surface area contributed by atoms with Crippen LogP contribution < -0.4 is 0 Å². The Morgan fingerprint density at radius 2 is 1.83 bits per heavy atom. The van der Waals surface area contributed by atoms with Crippen LogP contribution in [-0.4, -0.2) is 35.0 Å². The summed E-state index contributed by atoms with van der Waals surface area (Å²) in [4.78, 5) is 13.0. The average Bonchev–Trinajstić information content (AvgIpc) is 3.03. The van der Waals surface area contributed by atoms with Crippen molar-refractivity contribution in [2.45, 2.75) is 90.1 Å². The Balaban J connectivity index is 1.78. The van der Waals surface area contributed by atoms with E-state index in [0.29, 0.717) is 18.8 Å². The van der Waals surface area contributed by atoms with Gasteiger partial charge in [-0.2, -0.15) is 0 Å². The van der Waals surface area contributed by atoms with Crippen molar-refractivity contribution < 1.29 is 19.4 Å². The molecule has 4 fully saturated rings. The zero-order valence-electron chi connectivity index (χ0n) is 15.6. The van der Waals surface area contributed by atoms with Crippen molar-refractivity contribution in [2.24, 2.45) is 22.7 Å². The second-order valence-corrected chi connectivity index (χ2v) is 9.79. The van der Waals surface area contributed by atoms with Gasteiger partial charge in [0.2, 0.25) is 0 Å². The molecule has 0 radical (unpaired) electrons. The number of ketones is 1. The number of Topliss-reactive ketones (excluding diaryl/α,β-unsaturated/α-hetero) is 1. The van der Waals surface area contributed by atoms with Crippen molar-refractivity contribution in [3.63, 3.8) is 0 Å². The second kappa shape index (κ2) is 5.05. The summed E-state index contributed by atoms with van der Waals surface area (Å²) in [5.74, 6) is 0.685. The van der Waals surface area contributed by atoms with E-state index < -0.39 is 11.9 Å². The molecule has 136 valence electrons. The van der Waals surface area contributed by atoms with Gasteiger partial charge >= 0.3 is 0 Å². The molecule has 0 aromatic heterocycles. The van der Waals surface area contributed by atoms with Crippen LogP contribution in [0.2, 0.25) is 0 Å². The van der Waals surface area contributed by atoms with Crippen molar-refractivity contribution >= 4 is 5.78 Å². The van der Waals surface area contributed by atoms with Crippen LogP contribution in [0.3, 0.4) is 0 Å². The molecule has 4 nitrogen and oxygen atoms in total. The lowest BCUT2D eigenvalue weighted by atomic mass is 9.44. The van der Waals surface area contributed by atoms with E-state index in [2.05, 4.69) is 27.7 Å². The van der Waals surface area contributed by atoms with Crippen LogP contribution in [0.25, 0.3) is 0 Å². The minimum Gasteiger partial charge on any atom is -0.366 e. The quantitative estimate of drug-likeness (QED) is 0.736. The Hall–Kier alpha value is -0.450. The van der Waals surface area contributed by atoms with E-state index in [9.17, 15) is 9.90 Å². The van der Waals surface area contributed by atoms with E-state index in [-0.39, 0.29) is 28.3 Å². The lowest BCUT2D eigenvalue weighted by Crippen LogP contribution is -2.66. The van der Waals surface area contributed by atoms with Crippen LogP contribution in [0.4, 0.5) is 0 Å². The minimum absolute atomic E-state index is 0.0289. The molecule has 2 saturated heterocycles. The van der Waals surface area contributed by atoms with Gasteiger partial charge in [0, 0.05) is 24.2 Å². The van der Waals surface area contributed by atoms with Crippen molar-refractivity contribution in [3.8, 4) is 0 Å². The second-order valence-electron chi connectivity index (χ2n) is 9.79. The van der Waals surface area contributed by atoms with Crippen LogP contribution in [0.5, 0.6) is 0 Å². The number of aliphatic hydroxyl groups is 1. The molecule has 2 aliphatic heterocycles. The molecular weight excluding hydrogens is 304 g/mol. The van der Waals surface area contributed by atoms with Gasteiger partial charge in [0.15, 0.2) is 6.29 Å². The fraction of sp³-hybridized carbons (Fsp3) is 0.950. The first-order chi connectivity index (χ1) is 11.2. The fourth-order valence-electron chi connectivity index (χ4n) is 7.04. The highest BCUT2D eigenvalue weighted by molar-refractivity contribution is 5.84. The molecule has 0 bridgehead atoms. The number of aliphatic hydroxyl groups excluding tert-OH is 1. The maximum atomic E-state index is 13.0. The van der Waals surface area contributed by atoms with Gasteiger partial charge < -0.3 is 14.6 Å². The van der Waals surface area contributed by atoms with Gasteiger partial charge in [0.25, 0.3) is 0 Å². The Labute approximate surface area is 145 Å². The zero-order chi connectivity index (χ0) is 17.4. The molecule has 0 aromatic carbocycles. The lowest BCUT2D eigenvalue weighted by Gasteiger charge is -2.62. The van der Waals surface area contributed by atoms with Gasteiger partial charge in [-0.3, -0.25) is 4.79 Å². The van der Waals surface area contributed by atoms with Crippen LogP contribution in [0, 0.1) is 22.7 Å². The molecular formula is C20H32O4. The molecule has 4 aliphatic rings. The molecule has 4 rings (SSSR count). The predicted octanol–water partition coefficient (Wildman–Crippen LogP) is 3.45. The molecule has 0 unspecified atom stereocenters. The Morgan fingerprint density at radius 3 is 2.50 bits per heavy atom. The highest BCUT2D eigenvalue weighted by Crippen LogP contribution is 2.67. The number of ether oxygens (including phenoxy) is 2. The molecule has 1 N–H and O–H groups in total. The van der Waals surface area contributed by atoms with Crippen LogP contribution in [0.15, 0.2) is 0 Å². The van der Waals surface area contributed by atoms with Crippen LogP contribution >= 0.6 is 0 Å². The molecule has 2 spiro atoms. The SMILES string of the molecule is C[C@@H]1CC(=O)[C@H]2C(C)(C)CCC[C@]2(C)[C@@]12CC[C@]1(CCO[C@@H]1O)O2. The summed E-state index contributed by atoms with van der Waals surface area (Å²) in [6, 6.07) is 0. The molecule has 4 heteroatoms. The third-order valence-electron chi connectivity index (χ3n) is 8.08. The van der Waals surface area contributed by atoms with E-state index in [0.717, 1.165) is 38.5 Å². The Kier molecular flexibility index (Phi) is 3.57. The van der Waals surface area contributed by atoms with E-state index >= 15 is 0 Å². The van der Waals surface area contributed by atoms with Crippen LogP contribution in [0.1, 0.15) is 72.6 Å². The van der Waals surface area contributed by atoms with Gasteiger partial charge in [-0.1, -0.05) is 34.1 Å². The molecule has 0 aromatic rings. The summed E-state index contributed by atoms with van der Waals surface area (Å²) in [6.45, 7) is 9.57. The van der Waals surface area contributed by atoms with Gasteiger partial charge in [-0.05, 0) is 37.0 Å². The normalized spacial score (nSPS) is 53.7. The molecule has 24 heavy (non-hydrogen) atoms. The summed E-state index contributed by atoms with van der Waals surface area (Å²) in [7, 11) is 0. The first-order valence-corrected chi connectivity index (χ1v) is 9.70. The predicted molar refractivity (Wildman–Crippen MR) is 90.4 cm³/mol. The molecule has 2 heterocycles. The molecule has 6 atom stereocenters. The average molecular weight is 336 g/mol. The number of rotatable bonds is 0. The standard InChI is InChI=1S/C20H32O4/c1-13-12-14(21)15-17(2,3)6-5-7-18(15,4)20(13)9-8-19(24-20)10-11-23-16(19)22/h13,15-16,22H,5-12H2,1-4H3/t13-,15+,16+,18+,19-,20-/m1/s1. The highest BCUT2D eigenvalue weighted by atomic mass is 16.7. The monoisotopic (exact) mass is 336 g/mol. The molecule has 0 amide bonds. The highest BCUT2D eigenvalue weighted by Gasteiger charge is 2.70. The van der Waals surface area contributed by atoms with Crippen molar-refractivity contribution in [1.29, 1.82) is 0 Å². The summed E-state index contributed by atoms with van der Waals surface area (Å²) in [5, 5.41) is 10.4. The number of hydrogen-bond acceptors (Lipinski definition) is 4. The number of carbonyl (C=O) groups excluding carboxylic acids is 1. The Morgan fingerprint density at radius 1 is 1.08 bits per heavy atom. The van der Waals surface area contributed by atoms with Gasteiger partial charge in [-0.25, -0.2) is 0 Å². The van der Waals surface area contributed by atoms with Crippen molar-refractivity contribution in [2.75, 3.05) is 6.61 Å². The summed E-state index contributed by atoms with van der Waals surface area (Å²) in [6.07, 6.45) is 5.64. The largest absolute Gasteiger partial charge is 0.366 e. The zero-order valence-corrected chi connectivity index (χ0v) is 15.6. The summed E-state index contributed by atoms with van der Waals surface area (Å²) < 4.78 is 12.3. The van der Waals surface area contributed by atoms with Gasteiger partial charge in [0.05, 0.1) is 12.2 Å². The fourth-order valence-corrected chi connectivity index (χ4v) is 7.04. The maximum Gasteiger partial charge on any atom is 0.184 e. The van der Waals surface area contributed by atoms with Crippen molar-refractivity contribution in [1.82, 2.24) is 0 Å². The van der Waals surface area contributed by atoms with Crippen LogP contribution in [-0.2, 0) is 14.3 Å². The number of carbonyl (C=O) groups is 1. The number of fused-ring (bicyclic) bond motifs is 2. The minimum atomic E-state index is -0.819. The molecule has 2 aliphatic carbocycles. The Bertz CT molecular complexity index is 558. The van der Waals surface area contributed by atoms with E-state index in [1.807, 2.05) is 0 Å². The first-order valence-electron chi connectivity index (χ1n) is 9.70. The van der Waals surface area contributed by atoms with E-state index in [1.54, 1.807) is 0 Å². The van der Waals surface area contributed by atoms with Gasteiger partial charge in [0.1, 0.15) is 11.4 Å². The van der Waals surface area contributed by atoms with Gasteiger partial charge in [-0.15, -0.1) is 0 Å². The smallest absolute Gasteiger partial charge is 0.184 e. The third-order valence-corrected chi connectivity index (χ3v) is 8.08. The maximum absolute atomic E-state index is 13.0. The lowest BCUT2D eigenvalue weighted by molar-refractivity contribution is -0.266. The summed E-state index contributed by atoms with van der Waals surface area (Å²) >= 11 is 0. The van der Waals surface area contributed by atoms with E-state index in [4.69, 9.17) is 9.47 Å². The van der Waals surface area contributed by atoms with Crippen molar-refractivity contribution in [3.05, 3.63) is 0 Å². The first kappa shape index (κ1) is 17.0. The molecule has 2 saturated carbocycles. The third kappa shape index (κ3) is 1.94. The number of hydrogen-bond donors (Lipinski definition) is 1. The topological polar surface area (TPSA) is 55.8 Å².